The molecule has 1 saturated heterocycles. The van der Waals surface area contributed by atoms with Crippen LogP contribution in [-0.2, 0) is 20.2 Å². The van der Waals surface area contributed by atoms with Crippen LogP contribution in [0.1, 0.15) is 38.7 Å². The van der Waals surface area contributed by atoms with Gasteiger partial charge in [-0.2, -0.15) is 4.31 Å². The molecule has 1 atom stereocenters. The number of nitrogens with zero attached hydrogens (tertiary/aromatic N) is 2. The highest BCUT2D eigenvalue weighted by Gasteiger charge is 2.36. The normalized spacial score (nSPS) is 18.9. The molecule has 158 valence electrons. The smallest absolute Gasteiger partial charge is 0.313 e. The van der Waals surface area contributed by atoms with E-state index in [0.717, 1.165) is 25.9 Å². The number of rotatable bonds is 8. The van der Waals surface area contributed by atoms with E-state index in [4.69, 9.17) is 23.2 Å². The average molecular weight is 451 g/mol. The highest BCUT2D eigenvalue weighted by molar-refractivity contribution is 7.88. The SMILES string of the molecule is CCN(C1CCN(CCC(C)(C(=O)O)c2ccc(Cl)c(Cl)c2)CC1)S(C)(=O)=O. The first-order chi connectivity index (χ1) is 13.0. The third kappa shape index (κ3) is 5.39. The fourth-order valence-corrected chi connectivity index (χ4v) is 5.31. The lowest BCUT2D eigenvalue weighted by molar-refractivity contribution is -0.143. The fraction of sp³-hybridized carbons (Fsp3) is 0.632. The molecule has 1 aromatic carbocycles. The van der Waals surface area contributed by atoms with Crippen LogP contribution in [0.25, 0.3) is 0 Å². The summed E-state index contributed by atoms with van der Waals surface area (Å²) in [6.07, 6.45) is 3.17. The Labute approximate surface area is 177 Å². The third-order valence-electron chi connectivity index (χ3n) is 5.66. The number of likely N-dealkylation sites (tertiary alicyclic amines) is 1. The minimum absolute atomic E-state index is 0.0113. The van der Waals surface area contributed by atoms with Gasteiger partial charge < -0.3 is 10.0 Å². The summed E-state index contributed by atoms with van der Waals surface area (Å²) in [5, 5.41) is 10.6. The van der Waals surface area contributed by atoms with E-state index in [2.05, 4.69) is 4.90 Å². The van der Waals surface area contributed by atoms with Crippen LogP contribution in [0.5, 0.6) is 0 Å². The van der Waals surface area contributed by atoms with Gasteiger partial charge in [-0.15, -0.1) is 0 Å². The maximum Gasteiger partial charge on any atom is 0.313 e. The Hall–Kier alpha value is -0.860. The first kappa shape index (κ1) is 23.4. The Balaban J connectivity index is 2.02. The number of sulfonamides is 1. The molecule has 0 aromatic heterocycles. The summed E-state index contributed by atoms with van der Waals surface area (Å²) >= 11 is 12.0. The summed E-state index contributed by atoms with van der Waals surface area (Å²) in [6.45, 7) is 6.12. The molecule has 6 nitrogen and oxygen atoms in total. The zero-order valence-corrected chi connectivity index (χ0v) is 18.8. The first-order valence-electron chi connectivity index (χ1n) is 9.37. The molecule has 0 saturated carbocycles. The van der Waals surface area contributed by atoms with Gasteiger partial charge in [0.15, 0.2) is 0 Å². The van der Waals surface area contributed by atoms with Gasteiger partial charge in [0.05, 0.1) is 21.7 Å². The van der Waals surface area contributed by atoms with E-state index in [9.17, 15) is 18.3 Å². The number of aliphatic carboxylic acids is 1. The number of hydrogen-bond donors (Lipinski definition) is 1. The van der Waals surface area contributed by atoms with Crippen molar-refractivity contribution in [3.63, 3.8) is 0 Å². The Kier molecular flexibility index (Phi) is 7.78. The van der Waals surface area contributed by atoms with Crippen molar-refractivity contribution in [2.24, 2.45) is 0 Å². The molecule has 1 fully saturated rings. The molecule has 1 aromatic rings. The molecule has 0 amide bonds. The van der Waals surface area contributed by atoms with E-state index in [0.29, 0.717) is 35.1 Å². The molecule has 1 heterocycles. The minimum atomic E-state index is -3.21. The lowest BCUT2D eigenvalue weighted by Crippen LogP contribution is -2.48. The van der Waals surface area contributed by atoms with Gasteiger partial charge in [0.1, 0.15) is 0 Å². The molecule has 0 radical (unpaired) electrons. The van der Waals surface area contributed by atoms with E-state index in [1.807, 2.05) is 6.92 Å². The quantitative estimate of drug-likeness (QED) is 0.655. The first-order valence-corrected chi connectivity index (χ1v) is 12.0. The van der Waals surface area contributed by atoms with Crippen LogP contribution in [0.15, 0.2) is 18.2 Å². The van der Waals surface area contributed by atoms with Gasteiger partial charge in [0.25, 0.3) is 0 Å². The van der Waals surface area contributed by atoms with Gasteiger partial charge in [-0.3, -0.25) is 4.79 Å². The van der Waals surface area contributed by atoms with Crippen molar-refractivity contribution in [2.45, 2.75) is 44.6 Å². The minimum Gasteiger partial charge on any atom is -0.481 e. The van der Waals surface area contributed by atoms with Crippen LogP contribution in [0.3, 0.4) is 0 Å². The number of hydrogen-bond acceptors (Lipinski definition) is 4. The fourth-order valence-electron chi connectivity index (χ4n) is 3.79. The van der Waals surface area contributed by atoms with Crippen molar-refractivity contribution >= 4 is 39.2 Å². The van der Waals surface area contributed by atoms with Crippen molar-refractivity contribution in [1.82, 2.24) is 9.21 Å². The summed E-state index contributed by atoms with van der Waals surface area (Å²) in [5.41, 5.74) is -0.452. The van der Waals surface area contributed by atoms with Gasteiger partial charge in [-0.1, -0.05) is 36.2 Å². The highest BCUT2D eigenvalue weighted by Crippen LogP contribution is 2.33. The second-order valence-electron chi connectivity index (χ2n) is 7.56. The highest BCUT2D eigenvalue weighted by atomic mass is 35.5. The van der Waals surface area contributed by atoms with Gasteiger partial charge in [-0.05, 0) is 63.5 Å². The Bertz CT molecular complexity index is 810. The molecule has 0 bridgehead atoms. The van der Waals surface area contributed by atoms with Crippen LogP contribution in [0.2, 0.25) is 10.0 Å². The second-order valence-corrected chi connectivity index (χ2v) is 10.3. The van der Waals surface area contributed by atoms with Crippen LogP contribution in [-0.4, -0.2) is 67.2 Å². The van der Waals surface area contributed by atoms with Gasteiger partial charge in [-0.25, -0.2) is 8.42 Å². The molecule has 1 aliphatic rings. The number of benzene rings is 1. The van der Waals surface area contributed by atoms with Crippen LogP contribution < -0.4 is 0 Å². The summed E-state index contributed by atoms with van der Waals surface area (Å²) in [5.74, 6) is -0.907. The van der Waals surface area contributed by atoms with E-state index in [1.54, 1.807) is 29.4 Å². The zero-order chi connectivity index (χ0) is 21.1. The monoisotopic (exact) mass is 450 g/mol. The molecular formula is C19H28Cl2N2O4S. The summed E-state index contributed by atoms with van der Waals surface area (Å²) in [6, 6.07) is 4.96. The van der Waals surface area contributed by atoms with Gasteiger partial charge in [0, 0.05) is 12.6 Å². The van der Waals surface area contributed by atoms with Crippen LogP contribution in [0, 0.1) is 0 Å². The predicted molar refractivity (Wildman–Crippen MR) is 113 cm³/mol. The van der Waals surface area contributed by atoms with Gasteiger partial charge >= 0.3 is 5.97 Å². The lowest BCUT2D eigenvalue weighted by atomic mass is 9.79. The van der Waals surface area contributed by atoms with Crippen molar-refractivity contribution in [1.29, 1.82) is 0 Å². The Morgan fingerprint density at radius 1 is 1.29 bits per heavy atom. The number of carboxylic acid groups (broad SMARTS) is 1. The molecule has 1 aliphatic heterocycles. The van der Waals surface area contributed by atoms with Crippen molar-refractivity contribution in [3.05, 3.63) is 33.8 Å². The summed E-state index contributed by atoms with van der Waals surface area (Å²) < 4.78 is 25.4. The molecule has 2 rings (SSSR count). The number of carbonyl (C=O) groups is 1. The molecule has 1 unspecified atom stereocenters. The van der Waals surface area contributed by atoms with Crippen LogP contribution in [0.4, 0.5) is 0 Å². The molecule has 28 heavy (non-hydrogen) atoms. The van der Waals surface area contributed by atoms with Crippen LogP contribution >= 0.6 is 23.2 Å². The van der Waals surface area contributed by atoms with Crippen molar-refractivity contribution in [3.8, 4) is 0 Å². The Morgan fingerprint density at radius 3 is 2.36 bits per heavy atom. The van der Waals surface area contributed by atoms with Crippen molar-refractivity contribution < 1.29 is 18.3 Å². The van der Waals surface area contributed by atoms with E-state index < -0.39 is 21.4 Å². The predicted octanol–water partition coefficient (Wildman–Crippen LogP) is 3.47. The number of piperidine rings is 1. The zero-order valence-electron chi connectivity index (χ0n) is 16.5. The summed E-state index contributed by atoms with van der Waals surface area (Å²) in [4.78, 5) is 14.2. The maximum absolute atomic E-state index is 12.0. The second kappa shape index (κ2) is 9.30. The molecule has 0 aliphatic carbocycles. The summed E-state index contributed by atoms with van der Waals surface area (Å²) in [7, 11) is -3.21. The van der Waals surface area contributed by atoms with Crippen molar-refractivity contribution in [2.75, 3.05) is 32.4 Å². The number of halogens is 2. The maximum atomic E-state index is 12.0. The van der Waals surface area contributed by atoms with E-state index in [1.165, 1.54) is 6.26 Å². The van der Waals surface area contributed by atoms with E-state index in [-0.39, 0.29) is 6.04 Å². The van der Waals surface area contributed by atoms with E-state index >= 15 is 0 Å². The molecule has 0 spiro atoms. The third-order valence-corrected chi connectivity index (χ3v) is 7.81. The van der Waals surface area contributed by atoms with Gasteiger partial charge in [0.2, 0.25) is 10.0 Å². The lowest BCUT2D eigenvalue weighted by Gasteiger charge is -2.38. The molecule has 9 heteroatoms. The number of carboxylic acids is 1. The molecule has 1 N–H and O–H groups in total. The standard InChI is InChI=1S/C19H28Cl2N2O4S/c1-4-23(28(3,26)27)15-7-10-22(11-8-15)12-9-19(2,18(24)25)14-5-6-16(20)17(21)13-14/h5-6,13,15H,4,7-12H2,1-3H3,(H,24,25). The molecular weight excluding hydrogens is 423 g/mol. The topological polar surface area (TPSA) is 77.9 Å². The Morgan fingerprint density at radius 2 is 1.89 bits per heavy atom. The average Bonchev–Trinajstić information content (AvgIpc) is 2.62. The largest absolute Gasteiger partial charge is 0.481 e.